The van der Waals surface area contributed by atoms with E-state index in [-0.39, 0.29) is 18.7 Å². The summed E-state index contributed by atoms with van der Waals surface area (Å²) in [7, 11) is 0. The zero-order chi connectivity index (χ0) is 25.4. The monoisotopic (exact) mass is 496 g/mol. The normalized spacial score (nSPS) is 37.1. The van der Waals surface area contributed by atoms with E-state index < -0.39 is 17.8 Å². The van der Waals surface area contributed by atoms with E-state index in [1.165, 1.54) is 31.2 Å². The topological polar surface area (TPSA) is 72.8 Å². The van der Waals surface area contributed by atoms with Gasteiger partial charge < -0.3 is 14.6 Å². The Morgan fingerprint density at radius 1 is 0.944 bits per heavy atom. The summed E-state index contributed by atoms with van der Waals surface area (Å²) in [6.45, 7) is 6.86. The van der Waals surface area contributed by atoms with Crippen LogP contribution >= 0.6 is 0 Å². The minimum absolute atomic E-state index is 0.0613. The number of benzene rings is 1. The molecular weight excluding hydrogens is 452 g/mol. The molecule has 1 N–H and O–H groups in total. The number of fused-ring (bicyclic) bond motifs is 4. The van der Waals surface area contributed by atoms with Gasteiger partial charge in [0.25, 0.3) is 0 Å². The Morgan fingerprint density at radius 3 is 2.25 bits per heavy atom. The number of carbonyl (C=O) groups excluding carboxylic acids is 1. The van der Waals surface area contributed by atoms with Gasteiger partial charge in [0.1, 0.15) is 0 Å². The molecule has 0 radical (unpaired) electrons. The predicted octanol–water partition coefficient (Wildman–Crippen LogP) is 6.38. The number of esters is 1. The Balaban J connectivity index is 1.24. The average Bonchev–Trinajstić information content (AvgIpc) is 3.66. The van der Waals surface area contributed by atoms with Gasteiger partial charge in [-0.05, 0) is 104 Å². The highest BCUT2D eigenvalue weighted by Gasteiger charge is 2.54. The fraction of sp³-hybridized carbons (Fsp3) is 0.742. The SMILES string of the molecule is CC(CC1C2CCC(C2)C1C(C(=O)OCOCC1C2CCC(C2)C1C)C(C)C(=O)O)c1ccccc1. The van der Waals surface area contributed by atoms with Crippen LogP contribution in [0.5, 0.6) is 0 Å². The van der Waals surface area contributed by atoms with Gasteiger partial charge in [-0.25, -0.2) is 0 Å². The minimum Gasteiger partial charge on any atom is -0.481 e. The molecule has 5 heteroatoms. The number of carbonyl (C=O) groups is 2. The van der Waals surface area contributed by atoms with Crippen LogP contribution in [0.2, 0.25) is 0 Å². The summed E-state index contributed by atoms with van der Waals surface area (Å²) < 4.78 is 11.6. The largest absolute Gasteiger partial charge is 0.481 e. The highest BCUT2D eigenvalue weighted by molar-refractivity contribution is 5.81. The van der Waals surface area contributed by atoms with Crippen LogP contribution in [-0.4, -0.2) is 30.4 Å². The smallest absolute Gasteiger partial charge is 0.312 e. The van der Waals surface area contributed by atoms with E-state index >= 15 is 0 Å². The van der Waals surface area contributed by atoms with Crippen LogP contribution < -0.4 is 0 Å². The van der Waals surface area contributed by atoms with E-state index in [1.54, 1.807) is 6.92 Å². The maximum absolute atomic E-state index is 13.5. The van der Waals surface area contributed by atoms with Crippen molar-refractivity contribution in [2.24, 2.45) is 59.2 Å². The number of carboxylic acids is 1. The summed E-state index contributed by atoms with van der Waals surface area (Å²) >= 11 is 0. The zero-order valence-corrected chi connectivity index (χ0v) is 22.2. The summed E-state index contributed by atoms with van der Waals surface area (Å²) in [6, 6.07) is 10.5. The Kier molecular flexibility index (Phi) is 7.76. The van der Waals surface area contributed by atoms with E-state index in [1.807, 2.05) is 6.07 Å². The summed E-state index contributed by atoms with van der Waals surface area (Å²) in [5, 5.41) is 9.94. The quantitative estimate of drug-likeness (QED) is 0.219. The van der Waals surface area contributed by atoms with Crippen LogP contribution in [0.1, 0.15) is 77.2 Å². The molecule has 4 aliphatic rings. The molecule has 4 aliphatic carbocycles. The van der Waals surface area contributed by atoms with E-state index in [2.05, 4.69) is 38.1 Å². The molecule has 4 saturated carbocycles. The van der Waals surface area contributed by atoms with Crippen molar-refractivity contribution in [3.8, 4) is 0 Å². The number of hydrogen-bond acceptors (Lipinski definition) is 4. The first-order valence-corrected chi connectivity index (χ1v) is 14.4. The molecule has 5 rings (SSSR count). The second-order valence-corrected chi connectivity index (χ2v) is 12.6. The van der Waals surface area contributed by atoms with Crippen LogP contribution in [0.4, 0.5) is 0 Å². The molecule has 0 aliphatic heterocycles. The van der Waals surface area contributed by atoms with Crippen LogP contribution in [0.25, 0.3) is 0 Å². The van der Waals surface area contributed by atoms with Gasteiger partial charge in [-0.15, -0.1) is 0 Å². The van der Waals surface area contributed by atoms with Gasteiger partial charge in [-0.1, -0.05) is 51.1 Å². The van der Waals surface area contributed by atoms with Gasteiger partial charge in [0.05, 0.1) is 18.4 Å². The number of carboxylic acid groups (broad SMARTS) is 1. The lowest BCUT2D eigenvalue weighted by Gasteiger charge is -2.38. The van der Waals surface area contributed by atoms with Crippen molar-refractivity contribution in [1.82, 2.24) is 0 Å². The summed E-state index contributed by atoms with van der Waals surface area (Å²) in [4.78, 5) is 25.6. The molecule has 0 aromatic heterocycles. The average molecular weight is 497 g/mol. The first-order valence-electron chi connectivity index (χ1n) is 14.4. The fourth-order valence-electron chi connectivity index (χ4n) is 8.90. The van der Waals surface area contributed by atoms with E-state index in [0.717, 1.165) is 31.1 Å². The predicted molar refractivity (Wildman–Crippen MR) is 138 cm³/mol. The molecule has 5 nitrogen and oxygen atoms in total. The van der Waals surface area contributed by atoms with Crippen LogP contribution in [0.3, 0.4) is 0 Å². The summed E-state index contributed by atoms with van der Waals surface area (Å²) in [5.41, 5.74) is 1.31. The van der Waals surface area contributed by atoms with Crippen molar-refractivity contribution in [3.63, 3.8) is 0 Å². The third kappa shape index (κ3) is 4.97. The number of rotatable bonds is 11. The molecule has 11 atom stereocenters. The molecule has 11 unspecified atom stereocenters. The Labute approximate surface area is 216 Å². The first kappa shape index (κ1) is 25.8. The lowest BCUT2D eigenvalue weighted by atomic mass is 9.66. The molecule has 0 saturated heterocycles. The van der Waals surface area contributed by atoms with E-state index in [9.17, 15) is 14.7 Å². The standard InChI is InChI=1S/C31H44O5/c1-18(21-7-5-4-6-8-21)13-26-23-11-12-25(15-23)29(26)28(20(3)30(32)33)31(34)36-17-35-16-27-19(2)22-9-10-24(27)14-22/h4-8,18-20,22-29H,9-17H2,1-3H3,(H,32,33). The van der Waals surface area contributed by atoms with E-state index in [4.69, 9.17) is 9.47 Å². The Hall–Kier alpha value is -1.88. The Bertz CT molecular complexity index is 913. The van der Waals surface area contributed by atoms with Gasteiger partial charge >= 0.3 is 11.9 Å². The molecule has 1 aromatic rings. The van der Waals surface area contributed by atoms with Crippen LogP contribution in [0, 0.1) is 59.2 Å². The van der Waals surface area contributed by atoms with Crippen molar-refractivity contribution in [2.75, 3.05) is 13.4 Å². The third-order valence-corrected chi connectivity index (χ3v) is 10.9. The van der Waals surface area contributed by atoms with Crippen LogP contribution in [0.15, 0.2) is 30.3 Å². The molecule has 0 spiro atoms. The molecule has 1 aromatic carbocycles. The third-order valence-electron chi connectivity index (χ3n) is 10.9. The number of aliphatic carboxylic acids is 1. The summed E-state index contributed by atoms with van der Waals surface area (Å²) in [6.07, 6.45) is 8.37. The minimum atomic E-state index is -0.911. The lowest BCUT2D eigenvalue weighted by Crippen LogP contribution is -2.41. The molecule has 0 amide bonds. The molecular formula is C31H44O5. The van der Waals surface area contributed by atoms with Crippen LogP contribution in [-0.2, 0) is 19.1 Å². The molecule has 0 heterocycles. The highest BCUT2D eigenvalue weighted by atomic mass is 16.7. The lowest BCUT2D eigenvalue weighted by molar-refractivity contribution is -0.173. The van der Waals surface area contributed by atoms with Gasteiger partial charge in [-0.3, -0.25) is 9.59 Å². The molecule has 4 bridgehead atoms. The molecule has 198 valence electrons. The van der Waals surface area contributed by atoms with Crippen molar-refractivity contribution in [2.45, 2.75) is 71.6 Å². The maximum atomic E-state index is 13.5. The van der Waals surface area contributed by atoms with Crippen molar-refractivity contribution >= 4 is 11.9 Å². The number of ether oxygens (including phenoxy) is 2. The molecule has 4 fully saturated rings. The van der Waals surface area contributed by atoms with E-state index in [0.29, 0.717) is 42.1 Å². The second-order valence-electron chi connectivity index (χ2n) is 12.6. The van der Waals surface area contributed by atoms with Gasteiger partial charge in [0.2, 0.25) is 0 Å². The fourth-order valence-corrected chi connectivity index (χ4v) is 8.90. The van der Waals surface area contributed by atoms with Crippen molar-refractivity contribution in [3.05, 3.63) is 35.9 Å². The number of hydrogen-bond donors (Lipinski definition) is 1. The van der Waals surface area contributed by atoms with Gasteiger partial charge in [-0.2, -0.15) is 0 Å². The van der Waals surface area contributed by atoms with Gasteiger partial charge in [0.15, 0.2) is 6.79 Å². The van der Waals surface area contributed by atoms with Crippen molar-refractivity contribution in [1.29, 1.82) is 0 Å². The second kappa shape index (κ2) is 10.8. The highest BCUT2D eigenvalue weighted by Crippen LogP contribution is 2.58. The Morgan fingerprint density at radius 2 is 1.58 bits per heavy atom. The van der Waals surface area contributed by atoms with Gasteiger partial charge in [0, 0.05) is 0 Å². The first-order chi connectivity index (χ1) is 17.3. The van der Waals surface area contributed by atoms with Crippen molar-refractivity contribution < 1.29 is 24.2 Å². The molecule has 36 heavy (non-hydrogen) atoms. The summed E-state index contributed by atoms with van der Waals surface area (Å²) in [5.74, 6) is 1.96. The zero-order valence-electron chi connectivity index (χ0n) is 22.2. The maximum Gasteiger partial charge on any atom is 0.312 e.